The number of rotatable bonds is 6. The van der Waals surface area contributed by atoms with Gasteiger partial charge in [0.05, 0.1) is 11.6 Å². The van der Waals surface area contributed by atoms with Crippen LogP contribution in [0.15, 0.2) is 36.5 Å². The van der Waals surface area contributed by atoms with Gasteiger partial charge in [-0.05, 0) is 44.5 Å². The summed E-state index contributed by atoms with van der Waals surface area (Å²) < 4.78 is 5.31. The Morgan fingerprint density at radius 3 is 2.79 bits per heavy atom. The van der Waals surface area contributed by atoms with E-state index in [1.807, 2.05) is 25.4 Å². The monoisotopic (exact) mass is 258 g/mol. The van der Waals surface area contributed by atoms with Crippen LogP contribution in [0, 0.1) is 0 Å². The van der Waals surface area contributed by atoms with Gasteiger partial charge in [-0.2, -0.15) is 0 Å². The molecule has 2 aromatic rings. The smallest absolute Gasteiger partial charge is 0.0702 e. The van der Waals surface area contributed by atoms with Gasteiger partial charge >= 0.3 is 0 Å². The Labute approximate surface area is 115 Å². The Morgan fingerprint density at radius 1 is 1.26 bits per heavy atom. The van der Waals surface area contributed by atoms with Crippen molar-refractivity contribution in [2.75, 3.05) is 14.2 Å². The van der Waals surface area contributed by atoms with Crippen LogP contribution in [-0.2, 0) is 4.74 Å². The van der Waals surface area contributed by atoms with Crippen LogP contribution < -0.4 is 5.32 Å². The number of ether oxygens (including phenoxy) is 1. The molecule has 102 valence electrons. The highest BCUT2D eigenvalue weighted by Gasteiger charge is 2.12. The summed E-state index contributed by atoms with van der Waals surface area (Å²) >= 11 is 0. The van der Waals surface area contributed by atoms with E-state index in [0.717, 1.165) is 18.4 Å². The average molecular weight is 258 g/mol. The van der Waals surface area contributed by atoms with Crippen molar-refractivity contribution in [2.45, 2.75) is 31.9 Å². The molecule has 2 unspecified atom stereocenters. The lowest BCUT2D eigenvalue weighted by Crippen LogP contribution is -2.18. The Kier molecular flexibility index (Phi) is 4.88. The van der Waals surface area contributed by atoms with E-state index >= 15 is 0 Å². The fourth-order valence-electron chi connectivity index (χ4n) is 2.28. The molecule has 2 atom stereocenters. The average Bonchev–Trinajstić information content (AvgIpc) is 2.47. The first-order valence-corrected chi connectivity index (χ1v) is 6.79. The molecule has 2 rings (SSSR count). The van der Waals surface area contributed by atoms with Crippen LogP contribution in [0.3, 0.4) is 0 Å². The van der Waals surface area contributed by atoms with Crippen molar-refractivity contribution >= 4 is 10.9 Å². The van der Waals surface area contributed by atoms with E-state index in [-0.39, 0.29) is 0 Å². The quantitative estimate of drug-likeness (QED) is 0.863. The summed E-state index contributed by atoms with van der Waals surface area (Å²) in [6.07, 6.45) is 4.35. The van der Waals surface area contributed by atoms with Crippen molar-refractivity contribution in [3.8, 4) is 0 Å². The fourth-order valence-corrected chi connectivity index (χ4v) is 2.28. The number of nitrogens with zero attached hydrogens (tertiary/aromatic N) is 1. The van der Waals surface area contributed by atoms with E-state index < -0.39 is 0 Å². The van der Waals surface area contributed by atoms with Crippen molar-refractivity contribution in [1.29, 1.82) is 0 Å². The third kappa shape index (κ3) is 3.52. The Hall–Kier alpha value is -1.45. The molecule has 0 spiro atoms. The van der Waals surface area contributed by atoms with Crippen molar-refractivity contribution in [3.63, 3.8) is 0 Å². The predicted octanol–water partition coefficient (Wildman–Crippen LogP) is 3.31. The molecule has 1 aromatic heterocycles. The van der Waals surface area contributed by atoms with Gasteiger partial charge in [0.15, 0.2) is 0 Å². The van der Waals surface area contributed by atoms with E-state index in [1.165, 1.54) is 10.9 Å². The molecule has 1 heterocycles. The molecule has 0 fully saturated rings. The molecule has 1 aromatic carbocycles. The highest BCUT2D eigenvalue weighted by molar-refractivity contribution is 5.78. The van der Waals surface area contributed by atoms with E-state index in [2.05, 4.69) is 35.4 Å². The minimum atomic E-state index is 0.296. The minimum Gasteiger partial charge on any atom is -0.382 e. The Balaban J connectivity index is 2.15. The number of hydrogen-bond donors (Lipinski definition) is 1. The molecule has 0 aliphatic heterocycles. The van der Waals surface area contributed by atoms with Gasteiger partial charge in [0.1, 0.15) is 0 Å². The second kappa shape index (κ2) is 6.64. The fraction of sp³-hybridized carbons (Fsp3) is 0.438. The molecule has 0 aliphatic rings. The number of aromatic nitrogens is 1. The standard InChI is InChI=1S/C16H22N2O/c1-12(19-3)8-9-15(17-2)14-10-13-6-4-5-7-16(13)18-11-14/h4-7,10-12,15,17H,8-9H2,1-3H3. The molecule has 0 saturated heterocycles. The van der Waals surface area contributed by atoms with Gasteiger partial charge in [0.25, 0.3) is 0 Å². The first-order valence-electron chi connectivity index (χ1n) is 6.79. The molecule has 0 amide bonds. The molecule has 19 heavy (non-hydrogen) atoms. The number of nitrogens with one attached hydrogen (secondary N) is 1. The number of pyridine rings is 1. The highest BCUT2D eigenvalue weighted by atomic mass is 16.5. The summed E-state index contributed by atoms with van der Waals surface area (Å²) in [6.45, 7) is 2.10. The van der Waals surface area contributed by atoms with Crippen LogP contribution >= 0.6 is 0 Å². The second-order valence-electron chi connectivity index (χ2n) is 4.93. The van der Waals surface area contributed by atoms with Crippen molar-refractivity contribution in [3.05, 3.63) is 42.1 Å². The van der Waals surface area contributed by atoms with Gasteiger partial charge in [0, 0.05) is 24.7 Å². The largest absolute Gasteiger partial charge is 0.382 e. The number of hydrogen-bond acceptors (Lipinski definition) is 3. The molecule has 0 bridgehead atoms. The lowest BCUT2D eigenvalue weighted by atomic mass is 10.0. The zero-order valence-electron chi connectivity index (χ0n) is 11.9. The van der Waals surface area contributed by atoms with Crippen molar-refractivity contribution in [2.24, 2.45) is 0 Å². The van der Waals surface area contributed by atoms with Gasteiger partial charge in [-0.3, -0.25) is 4.98 Å². The summed E-state index contributed by atoms with van der Waals surface area (Å²) in [5.41, 5.74) is 2.29. The van der Waals surface area contributed by atoms with Crippen LogP contribution in [0.25, 0.3) is 10.9 Å². The normalized spacial score (nSPS) is 14.5. The van der Waals surface area contributed by atoms with E-state index in [9.17, 15) is 0 Å². The van der Waals surface area contributed by atoms with E-state index in [1.54, 1.807) is 7.11 Å². The summed E-state index contributed by atoms with van der Waals surface area (Å²) in [6, 6.07) is 10.8. The van der Waals surface area contributed by atoms with Gasteiger partial charge in [0.2, 0.25) is 0 Å². The van der Waals surface area contributed by atoms with Crippen LogP contribution in [0.4, 0.5) is 0 Å². The summed E-state index contributed by atoms with van der Waals surface area (Å²) in [7, 11) is 3.76. The highest BCUT2D eigenvalue weighted by Crippen LogP contribution is 2.22. The maximum atomic E-state index is 5.31. The number of methoxy groups -OCH3 is 1. The molecular formula is C16H22N2O. The molecule has 0 aliphatic carbocycles. The molecule has 3 heteroatoms. The maximum absolute atomic E-state index is 5.31. The third-order valence-electron chi connectivity index (χ3n) is 3.63. The van der Waals surface area contributed by atoms with Gasteiger partial charge in [-0.15, -0.1) is 0 Å². The third-order valence-corrected chi connectivity index (χ3v) is 3.63. The molecule has 0 saturated carbocycles. The zero-order chi connectivity index (χ0) is 13.7. The zero-order valence-corrected chi connectivity index (χ0v) is 11.9. The summed E-state index contributed by atoms with van der Waals surface area (Å²) in [5, 5.41) is 4.56. The van der Waals surface area contributed by atoms with E-state index in [4.69, 9.17) is 4.74 Å². The van der Waals surface area contributed by atoms with Gasteiger partial charge in [-0.1, -0.05) is 18.2 Å². The molecular weight excluding hydrogens is 236 g/mol. The molecule has 3 nitrogen and oxygen atoms in total. The maximum Gasteiger partial charge on any atom is 0.0702 e. The first kappa shape index (κ1) is 14.0. The predicted molar refractivity (Wildman–Crippen MR) is 79.2 cm³/mol. The SMILES string of the molecule is CNC(CCC(C)OC)c1cnc2ccccc2c1. The number of para-hydroxylation sites is 1. The van der Waals surface area contributed by atoms with Crippen molar-refractivity contribution < 1.29 is 4.74 Å². The number of fused-ring (bicyclic) bond motifs is 1. The minimum absolute atomic E-state index is 0.296. The van der Waals surface area contributed by atoms with Crippen LogP contribution in [0.5, 0.6) is 0 Å². The van der Waals surface area contributed by atoms with E-state index in [0.29, 0.717) is 12.1 Å². The van der Waals surface area contributed by atoms with Crippen molar-refractivity contribution in [1.82, 2.24) is 10.3 Å². The lowest BCUT2D eigenvalue weighted by Gasteiger charge is -2.18. The lowest BCUT2D eigenvalue weighted by molar-refractivity contribution is 0.106. The Bertz CT molecular complexity index is 527. The summed E-state index contributed by atoms with van der Waals surface area (Å²) in [5.74, 6) is 0. The number of benzene rings is 1. The molecule has 1 N–H and O–H groups in total. The van der Waals surface area contributed by atoms with Crippen LogP contribution in [0.1, 0.15) is 31.4 Å². The van der Waals surface area contributed by atoms with Crippen LogP contribution in [-0.4, -0.2) is 25.2 Å². The Morgan fingerprint density at radius 2 is 2.05 bits per heavy atom. The van der Waals surface area contributed by atoms with Gasteiger partial charge in [-0.25, -0.2) is 0 Å². The second-order valence-corrected chi connectivity index (χ2v) is 4.93. The molecule has 0 radical (unpaired) electrons. The topological polar surface area (TPSA) is 34.1 Å². The first-order chi connectivity index (χ1) is 9.24. The summed E-state index contributed by atoms with van der Waals surface area (Å²) in [4.78, 5) is 4.53. The van der Waals surface area contributed by atoms with Crippen LogP contribution in [0.2, 0.25) is 0 Å². The van der Waals surface area contributed by atoms with Gasteiger partial charge < -0.3 is 10.1 Å².